The molecule has 3 amide bonds. The van der Waals surface area contributed by atoms with E-state index in [1.54, 1.807) is 4.90 Å². The van der Waals surface area contributed by atoms with E-state index in [4.69, 9.17) is 0 Å². The fourth-order valence-electron chi connectivity index (χ4n) is 3.85. The standard InChI is InChI=1S/C20H21FN4O2/c21-15-6-8-16(9-7-15)23-19(27)24-12-10-20(11-13-24)18(26)22-14-25(20)17-4-2-1-3-5-17/h1-9H,10-14H2,(H,22,26)(H,23,27). The van der Waals surface area contributed by atoms with Crippen LogP contribution in [0.2, 0.25) is 0 Å². The zero-order chi connectivity index (χ0) is 18.9. The molecule has 0 saturated carbocycles. The predicted octanol–water partition coefficient (Wildman–Crippen LogP) is 2.79. The van der Waals surface area contributed by atoms with Gasteiger partial charge in [0, 0.05) is 24.5 Å². The Morgan fingerprint density at radius 2 is 1.70 bits per heavy atom. The second-order valence-corrected chi connectivity index (χ2v) is 6.88. The van der Waals surface area contributed by atoms with Crippen molar-refractivity contribution in [3.8, 4) is 0 Å². The predicted molar refractivity (Wildman–Crippen MR) is 101 cm³/mol. The van der Waals surface area contributed by atoms with E-state index in [-0.39, 0.29) is 17.8 Å². The summed E-state index contributed by atoms with van der Waals surface area (Å²) >= 11 is 0. The molecule has 0 aliphatic carbocycles. The van der Waals surface area contributed by atoms with Crippen LogP contribution in [0.15, 0.2) is 54.6 Å². The summed E-state index contributed by atoms with van der Waals surface area (Å²) in [4.78, 5) is 28.9. The van der Waals surface area contributed by atoms with Crippen molar-refractivity contribution in [1.29, 1.82) is 0 Å². The first-order chi connectivity index (χ1) is 13.1. The molecule has 2 aromatic carbocycles. The Bertz CT molecular complexity index is 833. The summed E-state index contributed by atoms with van der Waals surface area (Å²) in [5.41, 5.74) is 0.930. The first-order valence-electron chi connectivity index (χ1n) is 9.01. The number of nitrogens with zero attached hydrogens (tertiary/aromatic N) is 2. The van der Waals surface area contributed by atoms with Crippen LogP contribution in [-0.4, -0.2) is 42.1 Å². The summed E-state index contributed by atoms with van der Waals surface area (Å²) in [6, 6.07) is 15.3. The zero-order valence-electron chi connectivity index (χ0n) is 14.8. The van der Waals surface area contributed by atoms with Crippen LogP contribution < -0.4 is 15.5 Å². The van der Waals surface area contributed by atoms with E-state index in [0.717, 1.165) is 5.69 Å². The Morgan fingerprint density at radius 1 is 1.04 bits per heavy atom. The van der Waals surface area contributed by atoms with Crippen LogP contribution in [0.4, 0.5) is 20.6 Å². The molecule has 0 bridgehead atoms. The minimum Gasteiger partial charge on any atom is -0.339 e. The normalized spacial score (nSPS) is 18.5. The topological polar surface area (TPSA) is 64.7 Å². The maximum Gasteiger partial charge on any atom is 0.321 e. The van der Waals surface area contributed by atoms with Crippen LogP contribution in [0, 0.1) is 5.82 Å². The van der Waals surface area contributed by atoms with Gasteiger partial charge < -0.3 is 20.4 Å². The Labute approximate surface area is 157 Å². The molecule has 4 rings (SSSR count). The number of likely N-dealkylation sites (tertiary alicyclic amines) is 1. The first kappa shape index (κ1) is 17.3. The first-order valence-corrected chi connectivity index (χ1v) is 9.01. The van der Waals surface area contributed by atoms with Crippen LogP contribution in [0.25, 0.3) is 0 Å². The minimum atomic E-state index is -0.617. The number of halogens is 1. The molecule has 2 heterocycles. The van der Waals surface area contributed by atoms with Gasteiger partial charge in [0.2, 0.25) is 5.91 Å². The van der Waals surface area contributed by atoms with E-state index < -0.39 is 5.54 Å². The molecule has 2 aliphatic heterocycles. The van der Waals surface area contributed by atoms with Crippen molar-refractivity contribution < 1.29 is 14.0 Å². The lowest BCUT2D eigenvalue weighted by Gasteiger charge is -2.43. The highest BCUT2D eigenvalue weighted by molar-refractivity contribution is 5.94. The second-order valence-electron chi connectivity index (χ2n) is 6.88. The van der Waals surface area contributed by atoms with Gasteiger partial charge in [0.15, 0.2) is 0 Å². The average Bonchev–Trinajstić information content (AvgIpc) is 3.01. The summed E-state index contributed by atoms with van der Waals surface area (Å²) in [7, 11) is 0. The van der Waals surface area contributed by atoms with E-state index in [2.05, 4.69) is 15.5 Å². The van der Waals surface area contributed by atoms with E-state index in [9.17, 15) is 14.0 Å². The Balaban J connectivity index is 1.44. The number of para-hydroxylation sites is 1. The summed E-state index contributed by atoms with van der Waals surface area (Å²) in [5, 5.41) is 5.73. The Kier molecular flexibility index (Phi) is 4.43. The second kappa shape index (κ2) is 6.90. The number of benzene rings is 2. The third kappa shape index (κ3) is 3.20. The van der Waals surface area contributed by atoms with Crippen LogP contribution in [0.3, 0.4) is 0 Å². The minimum absolute atomic E-state index is 0.0185. The van der Waals surface area contributed by atoms with Crippen molar-refractivity contribution in [2.75, 3.05) is 30.0 Å². The largest absolute Gasteiger partial charge is 0.339 e. The van der Waals surface area contributed by atoms with Gasteiger partial charge in [-0.25, -0.2) is 9.18 Å². The SMILES string of the molecule is O=C(Nc1ccc(F)cc1)N1CCC2(CC1)C(=O)NCN2c1ccccc1. The molecule has 6 nitrogen and oxygen atoms in total. The third-order valence-corrected chi connectivity index (χ3v) is 5.38. The molecule has 2 aliphatic rings. The number of amides is 3. The number of urea groups is 1. The molecule has 0 radical (unpaired) electrons. The van der Waals surface area contributed by atoms with Gasteiger partial charge in [-0.3, -0.25) is 4.79 Å². The molecule has 0 unspecified atom stereocenters. The van der Waals surface area contributed by atoms with Gasteiger partial charge in [0.1, 0.15) is 11.4 Å². The molecule has 2 N–H and O–H groups in total. The van der Waals surface area contributed by atoms with E-state index >= 15 is 0 Å². The zero-order valence-corrected chi connectivity index (χ0v) is 14.8. The average molecular weight is 368 g/mol. The molecular weight excluding hydrogens is 347 g/mol. The molecule has 0 atom stereocenters. The van der Waals surface area contributed by atoms with Crippen molar-refractivity contribution in [2.45, 2.75) is 18.4 Å². The van der Waals surface area contributed by atoms with Gasteiger partial charge in [0.25, 0.3) is 0 Å². The van der Waals surface area contributed by atoms with Crippen molar-refractivity contribution in [3.05, 3.63) is 60.4 Å². The number of nitrogens with one attached hydrogen (secondary N) is 2. The van der Waals surface area contributed by atoms with Gasteiger partial charge in [0.05, 0.1) is 6.67 Å². The van der Waals surface area contributed by atoms with Gasteiger partial charge >= 0.3 is 6.03 Å². The van der Waals surface area contributed by atoms with E-state index in [1.165, 1.54) is 24.3 Å². The molecule has 7 heteroatoms. The molecular formula is C20H21FN4O2. The smallest absolute Gasteiger partial charge is 0.321 e. The summed E-state index contributed by atoms with van der Waals surface area (Å²) < 4.78 is 13.0. The number of hydrogen-bond acceptors (Lipinski definition) is 3. The van der Waals surface area contributed by atoms with Gasteiger partial charge in [-0.1, -0.05) is 18.2 Å². The van der Waals surface area contributed by atoms with Gasteiger partial charge in [-0.2, -0.15) is 0 Å². The summed E-state index contributed by atoms with van der Waals surface area (Å²) in [6.07, 6.45) is 1.12. The highest BCUT2D eigenvalue weighted by Gasteiger charge is 2.50. The van der Waals surface area contributed by atoms with Crippen LogP contribution in [-0.2, 0) is 4.79 Å². The lowest BCUT2D eigenvalue weighted by atomic mass is 9.85. The maximum absolute atomic E-state index is 13.0. The lowest BCUT2D eigenvalue weighted by Crippen LogP contribution is -2.57. The summed E-state index contributed by atoms with van der Waals surface area (Å²) in [6.45, 7) is 1.43. The fraction of sp³-hybridized carbons (Fsp3) is 0.300. The van der Waals surface area contributed by atoms with Crippen molar-refractivity contribution >= 4 is 23.3 Å². The number of rotatable bonds is 2. The third-order valence-electron chi connectivity index (χ3n) is 5.38. The number of carbonyl (C=O) groups excluding carboxylic acids is 2. The molecule has 2 saturated heterocycles. The van der Waals surface area contributed by atoms with Crippen molar-refractivity contribution in [1.82, 2.24) is 10.2 Å². The Hall–Kier alpha value is -3.09. The maximum atomic E-state index is 13.0. The molecule has 140 valence electrons. The molecule has 1 spiro atoms. The highest BCUT2D eigenvalue weighted by Crippen LogP contribution is 2.36. The fourth-order valence-corrected chi connectivity index (χ4v) is 3.85. The quantitative estimate of drug-likeness (QED) is 0.857. The molecule has 27 heavy (non-hydrogen) atoms. The molecule has 2 fully saturated rings. The van der Waals surface area contributed by atoms with Gasteiger partial charge in [-0.15, -0.1) is 0 Å². The number of anilines is 2. The Morgan fingerprint density at radius 3 is 2.37 bits per heavy atom. The van der Waals surface area contributed by atoms with Crippen molar-refractivity contribution in [3.63, 3.8) is 0 Å². The van der Waals surface area contributed by atoms with Crippen LogP contribution in [0.5, 0.6) is 0 Å². The van der Waals surface area contributed by atoms with Gasteiger partial charge in [-0.05, 0) is 49.2 Å². The number of hydrogen-bond donors (Lipinski definition) is 2. The van der Waals surface area contributed by atoms with E-state index in [1.807, 2.05) is 30.3 Å². The molecule has 0 aromatic heterocycles. The number of piperidine rings is 1. The number of carbonyl (C=O) groups is 2. The van der Waals surface area contributed by atoms with Crippen LogP contribution >= 0.6 is 0 Å². The highest BCUT2D eigenvalue weighted by atomic mass is 19.1. The van der Waals surface area contributed by atoms with Crippen molar-refractivity contribution in [2.24, 2.45) is 0 Å². The molecule has 2 aromatic rings. The van der Waals surface area contributed by atoms with Crippen LogP contribution in [0.1, 0.15) is 12.8 Å². The lowest BCUT2D eigenvalue weighted by molar-refractivity contribution is -0.124. The van der Waals surface area contributed by atoms with E-state index in [0.29, 0.717) is 38.3 Å². The monoisotopic (exact) mass is 368 g/mol. The summed E-state index contributed by atoms with van der Waals surface area (Å²) in [5.74, 6) is -0.328.